The molecule has 9 nitrogen and oxygen atoms in total. The highest BCUT2D eigenvalue weighted by atomic mass is 16.5. The number of amides is 1. The predicted molar refractivity (Wildman–Crippen MR) is 114 cm³/mol. The first-order valence-electron chi connectivity index (χ1n) is 10.1. The van der Waals surface area contributed by atoms with Crippen molar-refractivity contribution >= 4 is 22.8 Å². The number of ether oxygens (including phenoxy) is 1. The molecular formula is C22H22N6O3. The molecule has 4 aromatic rings. The van der Waals surface area contributed by atoms with Gasteiger partial charge in [-0.25, -0.2) is 14.8 Å². The van der Waals surface area contributed by atoms with Crippen molar-refractivity contribution in [1.82, 2.24) is 25.0 Å². The summed E-state index contributed by atoms with van der Waals surface area (Å²) in [7, 11) is 0. The molecule has 4 heterocycles. The molecule has 158 valence electrons. The largest absolute Gasteiger partial charge is 0.439 e. The van der Waals surface area contributed by atoms with E-state index in [0.717, 1.165) is 40.0 Å². The normalized spacial score (nSPS) is 13.0. The fraction of sp³-hybridized carbons (Fsp3) is 0.273. The molecule has 5 rings (SSSR count). The van der Waals surface area contributed by atoms with Crippen molar-refractivity contribution in [3.05, 3.63) is 59.4 Å². The summed E-state index contributed by atoms with van der Waals surface area (Å²) >= 11 is 0. The van der Waals surface area contributed by atoms with Crippen LogP contribution in [0.4, 0.5) is 10.6 Å². The lowest BCUT2D eigenvalue weighted by atomic mass is 10.1. The number of aromatic nitrogens is 4. The molecule has 0 aliphatic carbocycles. The lowest BCUT2D eigenvalue weighted by molar-refractivity contribution is 0.254. The second-order valence-corrected chi connectivity index (χ2v) is 7.82. The highest BCUT2D eigenvalue weighted by molar-refractivity contribution is 5.98. The van der Waals surface area contributed by atoms with Crippen molar-refractivity contribution in [3.8, 4) is 11.6 Å². The number of benzene rings is 1. The Balaban J connectivity index is 1.38. The van der Waals surface area contributed by atoms with Gasteiger partial charge in [-0.2, -0.15) is 0 Å². The number of anilines is 1. The molecule has 3 aromatic heterocycles. The second-order valence-electron chi connectivity index (χ2n) is 7.82. The van der Waals surface area contributed by atoms with Gasteiger partial charge in [0.1, 0.15) is 17.8 Å². The van der Waals surface area contributed by atoms with Gasteiger partial charge in [-0.15, -0.1) is 0 Å². The minimum atomic E-state index is -0.310. The van der Waals surface area contributed by atoms with Crippen molar-refractivity contribution in [2.45, 2.75) is 39.8 Å². The van der Waals surface area contributed by atoms with Crippen LogP contribution in [0.5, 0.6) is 11.6 Å². The van der Waals surface area contributed by atoms with Crippen molar-refractivity contribution in [3.63, 3.8) is 0 Å². The van der Waals surface area contributed by atoms with Crippen LogP contribution in [-0.2, 0) is 13.1 Å². The predicted octanol–water partition coefficient (Wildman–Crippen LogP) is 4.33. The summed E-state index contributed by atoms with van der Waals surface area (Å²) in [6.07, 6.45) is 3.23. The van der Waals surface area contributed by atoms with Crippen molar-refractivity contribution in [2.75, 3.05) is 5.32 Å². The van der Waals surface area contributed by atoms with E-state index in [1.54, 1.807) is 6.20 Å². The number of rotatable bonds is 4. The molecule has 0 saturated carbocycles. The third-order valence-corrected chi connectivity index (χ3v) is 5.39. The minimum Gasteiger partial charge on any atom is -0.439 e. The van der Waals surface area contributed by atoms with Crippen LogP contribution in [0.25, 0.3) is 10.9 Å². The first kappa shape index (κ1) is 19.3. The van der Waals surface area contributed by atoms with E-state index in [-0.39, 0.29) is 11.9 Å². The van der Waals surface area contributed by atoms with E-state index >= 15 is 0 Å². The zero-order valence-corrected chi connectivity index (χ0v) is 17.5. The van der Waals surface area contributed by atoms with Crippen LogP contribution in [0.2, 0.25) is 0 Å². The summed E-state index contributed by atoms with van der Waals surface area (Å²) in [6, 6.07) is 7.10. The number of nitrogens with one attached hydrogen (secondary N) is 2. The zero-order chi connectivity index (χ0) is 21.5. The summed E-state index contributed by atoms with van der Waals surface area (Å²) in [5, 5.41) is 10.9. The molecule has 31 heavy (non-hydrogen) atoms. The van der Waals surface area contributed by atoms with E-state index < -0.39 is 0 Å². The van der Waals surface area contributed by atoms with Crippen LogP contribution < -0.4 is 15.4 Å². The van der Waals surface area contributed by atoms with Crippen LogP contribution in [0.1, 0.15) is 42.3 Å². The molecule has 2 N–H and O–H groups in total. The SMILES string of the molecule is Cc1c(NC(=O)n2ccc3cc(Oc4ncnc5c4CNC5)ccc32)noc1C(C)C. The zero-order valence-electron chi connectivity index (χ0n) is 17.5. The maximum absolute atomic E-state index is 12.8. The topological polar surface area (TPSA) is 107 Å². The number of carbonyl (C=O) groups excluding carboxylic acids is 1. The van der Waals surface area contributed by atoms with Gasteiger partial charge in [-0.1, -0.05) is 19.0 Å². The molecule has 0 radical (unpaired) electrons. The van der Waals surface area contributed by atoms with Crippen molar-refractivity contribution in [2.24, 2.45) is 0 Å². The average molecular weight is 418 g/mol. The summed E-state index contributed by atoms with van der Waals surface area (Å²) in [6.45, 7) is 7.33. The van der Waals surface area contributed by atoms with Gasteiger partial charge in [0.25, 0.3) is 0 Å². The molecule has 0 unspecified atom stereocenters. The van der Waals surface area contributed by atoms with Gasteiger partial charge >= 0.3 is 6.03 Å². The number of fused-ring (bicyclic) bond motifs is 2. The van der Waals surface area contributed by atoms with Gasteiger partial charge in [0.05, 0.1) is 16.8 Å². The Hall–Kier alpha value is -3.72. The van der Waals surface area contributed by atoms with E-state index in [9.17, 15) is 4.79 Å². The standard InChI is InChI=1S/C22H22N6O3/c1-12(2)19-13(3)20(27-31-19)26-22(29)28-7-6-14-8-15(4-5-18(14)28)30-21-16-9-23-10-17(16)24-11-25-21/h4-8,11-12,23H,9-10H2,1-3H3,(H,26,27,29). The Morgan fingerprint density at radius 1 is 1.26 bits per heavy atom. The Labute approximate surface area is 178 Å². The van der Waals surface area contributed by atoms with Gasteiger partial charge in [-0.3, -0.25) is 9.88 Å². The Bertz CT molecular complexity index is 1290. The Morgan fingerprint density at radius 2 is 2.13 bits per heavy atom. The molecule has 1 aliphatic heterocycles. The third-order valence-electron chi connectivity index (χ3n) is 5.39. The first-order valence-corrected chi connectivity index (χ1v) is 10.1. The molecule has 1 aliphatic rings. The minimum absolute atomic E-state index is 0.191. The van der Waals surface area contributed by atoms with Gasteiger partial charge in [0.2, 0.25) is 5.88 Å². The highest BCUT2D eigenvalue weighted by Gasteiger charge is 2.20. The van der Waals surface area contributed by atoms with Crippen molar-refractivity contribution < 1.29 is 14.1 Å². The van der Waals surface area contributed by atoms with Crippen LogP contribution in [-0.4, -0.2) is 25.7 Å². The summed E-state index contributed by atoms with van der Waals surface area (Å²) in [5.41, 5.74) is 3.52. The van der Waals surface area contributed by atoms with Gasteiger partial charge in [0, 0.05) is 36.2 Å². The van der Waals surface area contributed by atoms with Crippen LogP contribution in [0, 0.1) is 6.92 Å². The Morgan fingerprint density at radius 3 is 2.94 bits per heavy atom. The van der Waals surface area contributed by atoms with E-state index in [0.29, 0.717) is 24.0 Å². The van der Waals surface area contributed by atoms with Crippen LogP contribution in [0.15, 0.2) is 41.3 Å². The molecule has 0 spiro atoms. The molecule has 9 heteroatoms. The van der Waals surface area contributed by atoms with E-state index in [2.05, 4.69) is 25.8 Å². The van der Waals surface area contributed by atoms with Crippen molar-refractivity contribution in [1.29, 1.82) is 0 Å². The molecule has 0 bridgehead atoms. The van der Waals surface area contributed by atoms with E-state index in [1.165, 1.54) is 10.9 Å². The molecule has 1 aromatic carbocycles. The smallest absolute Gasteiger partial charge is 0.331 e. The average Bonchev–Trinajstić information content (AvgIpc) is 3.47. The maximum atomic E-state index is 12.8. The van der Waals surface area contributed by atoms with E-state index in [4.69, 9.17) is 9.26 Å². The number of hydrogen-bond donors (Lipinski definition) is 2. The maximum Gasteiger partial charge on any atom is 0.331 e. The van der Waals surface area contributed by atoms with Gasteiger partial charge < -0.3 is 14.6 Å². The number of carbonyl (C=O) groups is 1. The second kappa shape index (κ2) is 7.51. The monoisotopic (exact) mass is 418 g/mol. The molecule has 1 amide bonds. The lowest BCUT2D eigenvalue weighted by Gasteiger charge is -2.09. The first-order chi connectivity index (χ1) is 15.0. The number of hydrogen-bond acceptors (Lipinski definition) is 7. The summed E-state index contributed by atoms with van der Waals surface area (Å²) < 4.78 is 12.9. The Kier molecular flexibility index (Phi) is 4.67. The quantitative estimate of drug-likeness (QED) is 0.508. The summed E-state index contributed by atoms with van der Waals surface area (Å²) in [5.74, 6) is 2.58. The molecular weight excluding hydrogens is 396 g/mol. The number of nitrogens with zero attached hydrogens (tertiary/aromatic N) is 4. The fourth-order valence-corrected chi connectivity index (χ4v) is 3.79. The molecule has 0 atom stereocenters. The lowest BCUT2D eigenvalue weighted by Crippen LogP contribution is -2.19. The fourth-order valence-electron chi connectivity index (χ4n) is 3.79. The molecule has 0 fully saturated rings. The van der Waals surface area contributed by atoms with Crippen LogP contribution in [0.3, 0.4) is 0 Å². The highest BCUT2D eigenvalue weighted by Crippen LogP contribution is 2.30. The van der Waals surface area contributed by atoms with Gasteiger partial charge in [0.15, 0.2) is 5.82 Å². The third kappa shape index (κ3) is 3.42. The van der Waals surface area contributed by atoms with Gasteiger partial charge in [-0.05, 0) is 31.2 Å². The molecule has 0 saturated heterocycles. The van der Waals surface area contributed by atoms with E-state index in [1.807, 2.05) is 45.0 Å². The van der Waals surface area contributed by atoms with Crippen LogP contribution >= 0.6 is 0 Å². The summed E-state index contributed by atoms with van der Waals surface area (Å²) in [4.78, 5) is 21.4.